The van der Waals surface area contributed by atoms with Crippen LogP contribution in [0, 0.1) is 0 Å². The predicted octanol–water partition coefficient (Wildman–Crippen LogP) is 3.47. The van der Waals surface area contributed by atoms with Crippen LogP contribution in [0.15, 0.2) is 34.8 Å². The number of nitrogens with zero attached hydrogens (tertiary/aromatic N) is 2. The van der Waals surface area contributed by atoms with Gasteiger partial charge in [0.05, 0.1) is 5.69 Å². The van der Waals surface area contributed by atoms with Crippen LogP contribution in [-0.4, -0.2) is 40.8 Å². The maximum atomic E-state index is 12.3. The lowest BCUT2D eigenvalue weighted by Crippen LogP contribution is -2.35. The first-order valence-corrected chi connectivity index (χ1v) is 6.69. The number of halogens is 4. The number of benzene rings is 1. The number of carbonyl (C=O) groups excluding carboxylic acids is 1. The summed E-state index contributed by atoms with van der Waals surface area (Å²) in [7, 11) is 1.09. The van der Waals surface area contributed by atoms with Crippen molar-refractivity contribution in [2.24, 2.45) is 0 Å². The molecule has 0 radical (unpaired) electrons. The summed E-state index contributed by atoms with van der Waals surface area (Å²) in [6.07, 6.45) is -4.43. The Morgan fingerprint density at radius 1 is 1.33 bits per heavy atom. The average molecular weight is 362 g/mol. The molecule has 2 aromatic rings. The van der Waals surface area contributed by atoms with Crippen molar-refractivity contribution >= 4 is 21.8 Å². The summed E-state index contributed by atoms with van der Waals surface area (Å²) in [5.41, 5.74) is 1.26. The largest absolute Gasteiger partial charge is 0.406 e. The van der Waals surface area contributed by atoms with Crippen LogP contribution in [0.2, 0.25) is 0 Å². The molecule has 0 aliphatic rings. The van der Waals surface area contributed by atoms with E-state index in [1.165, 1.54) is 6.07 Å². The molecule has 21 heavy (non-hydrogen) atoms. The Balaban J connectivity index is 2.16. The van der Waals surface area contributed by atoms with Gasteiger partial charge in [-0.1, -0.05) is 28.1 Å². The van der Waals surface area contributed by atoms with Crippen LogP contribution in [0.5, 0.6) is 0 Å². The summed E-state index contributed by atoms with van der Waals surface area (Å²) >= 11 is 3.30. The number of aromatic nitrogens is 2. The molecule has 0 fully saturated rings. The Morgan fingerprint density at radius 3 is 2.52 bits per heavy atom. The summed E-state index contributed by atoms with van der Waals surface area (Å²) in [6, 6.07) is 8.61. The number of H-pyrrole nitrogens is 1. The Kier molecular flexibility index (Phi) is 4.36. The van der Waals surface area contributed by atoms with Gasteiger partial charge in [-0.15, -0.1) is 0 Å². The van der Waals surface area contributed by atoms with E-state index < -0.39 is 18.6 Å². The van der Waals surface area contributed by atoms with E-state index >= 15 is 0 Å². The number of amides is 1. The second-order valence-corrected chi connectivity index (χ2v) is 5.37. The van der Waals surface area contributed by atoms with Crippen molar-refractivity contribution in [2.45, 2.75) is 6.18 Å². The Bertz CT molecular complexity index is 637. The average Bonchev–Trinajstić information content (AvgIpc) is 2.86. The number of aromatic amines is 1. The number of hydrogen-bond donors (Lipinski definition) is 1. The number of rotatable bonds is 3. The van der Waals surface area contributed by atoms with Gasteiger partial charge >= 0.3 is 6.18 Å². The third-order valence-electron chi connectivity index (χ3n) is 2.71. The third kappa shape index (κ3) is 4.07. The lowest BCUT2D eigenvalue weighted by molar-refractivity contribution is -0.138. The number of alkyl halides is 3. The lowest BCUT2D eigenvalue weighted by Gasteiger charge is -2.17. The maximum absolute atomic E-state index is 12.3. The van der Waals surface area contributed by atoms with Crippen LogP contribution in [0.1, 0.15) is 10.5 Å². The van der Waals surface area contributed by atoms with Crippen molar-refractivity contribution in [2.75, 3.05) is 13.6 Å². The Hall–Kier alpha value is -1.83. The molecule has 1 amide bonds. The molecule has 112 valence electrons. The third-order valence-corrected chi connectivity index (χ3v) is 3.24. The molecular formula is C13H11BrF3N3O. The van der Waals surface area contributed by atoms with E-state index in [4.69, 9.17) is 0 Å². The van der Waals surface area contributed by atoms with Gasteiger partial charge in [-0.2, -0.15) is 18.3 Å². The minimum Gasteiger partial charge on any atom is -0.331 e. The highest BCUT2D eigenvalue weighted by Gasteiger charge is 2.32. The number of hydrogen-bond acceptors (Lipinski definition) is 2. The molecule has 2 rings (SSSR count). The fourth-order valence-corrected chi connectivity index (χ4v) is 2.01. The summed E-state index contributed by atoms with van der Waals surface area (Å²) in [5, 5.41) is 6.41. The highest BCUT2D eigenvalue weighted by atomic mass is 79.9. The highest BCUT2D eigenvalue weighted by Crippen LogP contribution is 2.21. The molecule has 0 spiro atoms. The first-order valence-electron chi connectivity index (χ1n) is 5.90. The van der Waals surface area contributed by atoms with Crippen LogP contribution in [0.4, 0.5) is 13.2 Å². The van der Waals surface area contributed by atoms with Crippen LogP contribution in [-0.2, 0) is 0 Å². The van der Waals surface area contributed by atoms with Crippen molar-refractivity contribution in [1.29, 1.82) is 0 Å². The molecule has 0 atom stereocenters. The zero-order valence-electron chi connectivity index (χ0n) is 10.9. The van der Waals surface area contributed by atoms with Crippen LogP contribution < -0.4 is 0 Å². The molecule has 0 aliphatic heterocycles. The minimum absolute atomic E-state index is 0.0136. The number of carbonyl (C=O) groups is 1. The van der Waals surface area contributed by atoms with E-state index in [1.807, 2.05) is 0 Å². The smallest absolute Gasteiger partial charge is 0.331 e. The van der Waals surface area contributed by atoms with Crippen LogP contribution >= 0.6 is 15.9 Å². The molecule has 4 nitrogen and oxygen atoms in total. The van der Waals surface area contributed by atoms with Crippen molar-refractivity contribution < 1.29 is 18.0 Å². The number of nitrogens with one attached hydrogen (secondary N) is 1. The van der Waals surface area contributed by atoms with Gasteiger partial charge in [0.15, 0.2) is 0 Å². The quantitative estimate of drug-likeness (QED) is 0.909. The zero-order chi connectivity index (χ0) is 15.6. The Labute approximate surface area is 127 Å². The molecule has 0 unspecified atom stereocenters. The second kappa shape index (κ2) is 5.88. The molecule has 1 heterocycles. The summed E-state index contributed by atoms with van der Waals surface area (Å²) in [5.74, 6) is -0.761. The first kappa shape index (κ1) is 15.6. The molecule has 1 aromatic carbocycles. The molecule has 0 saturated carbocycles. The van der Waals surface area contributed by atoms with E-state index in [0.717, 1.165) is 17.1 Å². The Morgan fingerprint density at radius 2 is 1.95 bits per heavy atom. The molecule has 1 aromatic heterocycles. The fraction of sp³-hybridized carbons (Fsp3) is 0.231. The van der Waals surface area contributed by atoms with E-state index in [9.17, 15) is 18.0 Å². The van der Waals surface area contributed by atoms with Gasteiger partial charge in [-0.3, -0.25) is 9.89 Å². The molecular weight excluding hydrogens is 351 g/mol. The van der Waals surface area contributed by atoms with Crippen molar-refractivity contribution in [3.05, 3.63) is 40.5 Å². The second-order valence-electron chi connectivity index (χ2n) is 4.45. The van der Waals surface area contributed by atoms with Crippen molar-refractivity contribution in [3.8, 4) is 11.3 Å². The molecule has 1 N–H and O–H groups in total. The predicted molar refractivity (Wildman–Crippen MR) is 74.7 cm³/mol. The summed E-state index contributed by atoms with van der Waals surface area (Å²) < 4.78 is 37.7. The lowest BCUT2D eigenvalue weighted by atomic mass is 10.1. The zero-order valence-corrected chi connectivity index (χ0v) is 12.5. The van der Waals surface area contributed by atoms with Crippen LogP contribution in [0.25, 0.3) is 11.3 Å². The highest BCUT2D eigenvalue weighted by molar-refractivity contribution is 9.10. The minimum atomic E-state index is -4.43. The van der Waals surface area contributed by atoms with Gasteiger partial charge in [-0.05, 0) is 18.2 Å². The van der Waals surface area contributed by atoms with Gasteiger partial charge in [0, 0.05) is 17.1 Å². The van der Waals surface area contributed by atoms with E-state index in [2.05, 4.69) is 26.1 Å². The van der Waals surface area contributed by atoms with E-state index in [-0.39, 0.29) is 5.69 Å². The first-order chi connectivity index (χ1) is 9.76. The standard InChI is InChI=1S/C13H11BrF3N3O/c1-20(7-13(15,16)17)12(21)11-6-10(18-19-11)8-2-4-9(14)5-3-8/h2-6H,7H2,1H3,(H,18,19). The van der Waals surface area contributed by atoms with E-state index in [1.54, 1.807) is 24.3 Å². The monoisotopic (exact) mass is 361 g/mol. The van der Waals surface area contributed by atoms with Crippen molar-refractivity contribution in [3.63, 3.8) is 0 Å². The molecule has 0 aliphatic carbocycles. The van der Waals surface area contributed by atoms with Crippen molar-refractivity contribution in [1.82, 2.24) is 15.1 Å². The van der Waals surface area contributed by atoms with Gasteiger partial charge in [0.1, 0.15) is 12.2 Å². The fourth-order valence-electron chi connectivity index (χ4n) is 1.75. The maximum Gasteiger partial charge on any atom is 0.406 e. The van der Waals surface area contributed by atoms with Crippen LogP contribution in [0.3, 0.4) is 0 Å². The normalized spacial score (nSPS) is 11.5. The van der Waals surface area contributed by atoms with E-state index in [0.29, 0.717) is 10.6 Å². The summed E-state index contributed by atoms with van der Waals surface area (Å²) in [6.45, 7) is -1.31. The molecule has 8 heteroatoms. The topological polar surface area (TPSA) is 49.0 Å². The van der Waals surface area contributed by atoms with Gasteiger partial charge < -0.3 is 4.90 Å². The van der Waals surface area contributed by atoms with Gasteiger partial charge in [0.25, 0.3) is 5.91 Å². The van der Waals surface area contributed by atoms with Gasteiger partial charge in [-0.25, -0.2) is 0 Å². The molecule has 0 saturated heterocycles. The molecule has 0 bridgehead atoms. The van der Waals surface area contributed by atoms with Gasteiger partial charge in [0.2, 0.25) is 0 Å². The summed E-state index contributed by atoms with van der Waals surface area (Å²) in [4.78, 5) is 12.5. The SMILES string of the molecule is CN(CC(F)(F)F)C(=O)c1cc(-c2ccc(Br)cc2)n[nH]1.